The fourth-order valence-electron chi connectivity index (χ4n) is 3.99. The van der Waals surface area contributed by atoms with Crippen molar-refractivity contribution in [2.45, 2.75) is 17.9 Å². The van der Waals surface area contributed by atoms with Gasteiger partial charge < -0.3 is 4.90 Å². The summed E-state index contributed by atoms with van der Waals surface area (Å²) in [4.78, 5) is 15.0. The summed E-state index contributed by atoms with van der Waals surface area (Å²) in [6, 6.07) is 20.8. The van der Waals surface area contributed by atoms with Gasteiger partial charge in [0.2, 0.25) is 20.0 Å². The zero-order chi connectivity index (χ0) is 24.5. The summed E-state index contributed by atoms with van der Waals surface area (Å²) in [7, 11) is -7.76. The number of para-hydroxylation sites is 2. The van der Waals surface area contributed by atoms with Gasteiger partial charge in [-0.05, 0) is 43.3 Å². The first-order chi connectivity index (χ1) is 16.1. The van der Waals surface area contributed by atoms with Gasteiger partial charge in [0.1, 0.15) is 0 Å². The van der Waals surface area contributed by atoms with Gasteiger partial charge in [0.25, 0.3) is 5.91 Å². The first-order valence-corrected chi connectivity index (χ1v) is 13.9. The van der Waals surface area contributed by atoms with Crippen LogP contribution in [0, 0.1) is 6.92 Å². The number of anilines is 2. The molecule has 1 heterocycles. The fraction of sp³-hybridized carbons (Fsp3) is 0.208. The van der Waals surface area contributed by atoms with Crippen LogP contribution in [0.15, 0.2) is 83.8 Å². The first-order valence-electron chi connectivity index (χ1n) is 10.6. The summed E-state index contributed by atoms with van der Waals surface area (Å²) in [6.45, 7) is 1.58. The lowest BCUT2D eigenvalue weighted by Crippen LogP contribution is -2.51. The molecular formula is C24H25N3O5S2. The fourth-order valence-corrected chi connectivity index (χ4v) is 6.26. The number of nitrogens with zero attached hydrogens (tertiary/aromatic N) is 2. The van der Waals surface area contributed by atoms with E-state index in [0.29, 0.717) is 5.69 Å². The highest BCUT2D eigenvalue weighted by Gasteiger charge is 2.38. The van der Waals surface area contributed by atoms with Gasteiger partial charge in [0.15, 0.2) is 0 Å². The molecule has 1 unspecified atom stereocenters. The minimum atomic E-state index is -3.91. The molecule has 0 fully saturated rings. The Kier molecular flexibility index (Phi) is 6.48. The number of fused-ring (bicyclic) bond motifs is 1. The van der Waals surface area contributed by atoms with Crippen molar-refractivity contribution in [2.75, 3.05) is 28.6 Å². The predicted octanol–water partition coefficient (Wildman–Crippen LogP) is 2.77. The molecule has 0 saturated heterocycles. The van der Waals surface area contributed by atoms with Crippen molar-refractivity contribution in [3.63, 3.8) is 0 Å². The van der Waals surface area contributed by atoms with E-state index in [9.17, 15) is 21.6 Å². The van der Waals surface area contributed by atoms with Crippen LogP contribution in [-0.4, -0.2) is 48.1 Å². The third-order valence-electron chi connectivity index (χ3n) is 5.61. The minimum Gasteiger partial charge on any atom is -0.306 e. The molecule has 1 aliphatic rings. The second kappa shape index (κ2) is 9.21. The number of nitrogens with one attached hydrogen (secondary N) is 1. The zero-order valence-electron chi connectivity index (χ0n) is 18.7. The van der Waals surface area contributed by atoms with Crippen LogP contribution >= 0.6 is 0 Å². The van der Waals surface area contributed by atoms with Crippen LogP contribution in [0.1, 0.15) is 15.9 Å². The topological polar surface area (TPSA) is 104 Å². The molecule has 10 heteroatoms. The number of aryl methyl sites for hydroxylation is 1. The van der Waals surface area contributed by atoms with Gasteiger partial charge in [0, 0.05) is 18.8 Å². The van der Waals surface area contributed by atoms with Crippen LogP contribution in [0.25, 0.3) is 0 Å². The average molecular weight is 500 g/mol. The van der Waals surface area contributed by atoms with E-state index in [1.54, 1.807) is 60.7 Å². The Balaban J connectivity index is 1.77. The van der Waals surface area contributed by atoms with Crippen LogP contribution in [-0.2, 0) is 20.0 Å². The minimum absolute atomic E-state index is 0.0407. The summed E-state index contributed by atoms with van der Waals surface area (Å²) < 4.78 is 55.4. The van der Waals surface area contributed by atoms with Crippen molar-refractivity contribution in [1.82, 2.24) is 4.72 Å². The summed E-state index contributed by atoms with van der Waals surface area (Å²) in [5.74, 6) is -0.362. The van der Waals surface area contributed by atoms with Crippen molar-refractivity contribution in [1.29, 1.82) is 0 Å². The molecule has 3 aromatic rings. The Morgan fingerprint density at radius 1 is 0.882 bits per heavy atom. The molecule has 1 atom stereocenters. The molecule has 1 N–H and O–H groups in total. The highest BCUT2D eigenvalue weighted by Crippen LogP contribution is 2.32. The summed E-state index contributed by atoms with van der Waals surface area (Å²) in [5, 5.41) is 0. The molecule has 3 aromatic carbocycles. The van der Waals surface area contributed by atoms with Gasteiger partial charge in [-0.1, -0.05) is 48.0 Å². The molecule has 34 heavy (non-hydrogen) atoms. The molecule has 0 bridgehead atoms. The predicted molar refractivity (Wildman–Crippen MR) is 132 cm³/mol. The van der Waals surface area contributed by atoms with E-state index >= 15 is 0 Å². The van der Waals surface area contributed by atoms with Gasteiger partial charge in [0.05, 0.1) is 28.4 Å². The molecule has 0 spiro atoms. The smallest absolute Gasteiger partial charge is 0.260 e. The lowest BCUT2D eigenvalue weighted by molar-refractivity contribution is 0.0988. The lowest BCUT2D eigenvalue weighted by atomic mass is 10.1. The van der Waals surface area contributed by atoms with Crippen LogP contribution in [0.4, 0.5) is 11.4 Å². The second-order valence-corrected chi connectivity index (χ2v) is 11.8. The quantitative estimate of drug-likeness (QED) is 0.562. The Morgan fingerprint density at radius 2 is 1.50 bits per heavy atom. The third-order valence-corrected chi connectivity index (χ3v) is 8.26. The highest BCUT2D eigenvalue weighted by molar-refractivity contribution is 7.92. The van der Waals surface area contributed by atoms with Gasteiger partial charge >= 0.3 is 0 Å². The number of carbonyl (C=O) groups excluding carboxylic acids is 1. The van der Waals surface area contributed by atoms with Crippen LogP contribution < -0.4 is 13.9 Å². The Bertz CT molecular complexity index is 1410. The van der Waals surface area contributed by atoms with E-state index in [0.717, 1.165) is 16.1 Å². The molecule has 178 valence electrons. The van der Waals surface area contributed by atoms with Gasteiger partial charge in [-0.2, -0.15) is 0 Å². The molecule has 8 nitrogen and oxygen atoms in total. The van der Waals surface area contributed by atoms with Gasteiger partial charge in [-0.25, -0.2) is 21.6 Å². The summed E-state index contributed by atoms with van der Waals surface area (Å²) >= 11 is 0. The molecule has 0 aromatic heterocycles. The number of hydrogen-bond donors (Lipinski definition) is 1. The number of carbonyl (C=O) groups is 1. The molecular weight excluding hydrogens is 474 g/mol. The van der Waals surface area contributed by atoms with Crippen LogP contribution in [0.3, 0.4) is 0 Å². The molecule has 4 rings (SSSR count). The maximum absolute atomic E-state index is 13.5. The van der Waals surface area contributed by atoms with Crippen molar-refractivity contribution in [3.8, 4) is 0 Å². The Labute approximate surface area is 199 Å². The molecule has 1 amide bonds. The number of hydrogen-bond acceptors (Lipinski definition) is 5. The second-order valence-electron chi connectivity index (χ2n) is 8.15. The van der Waals surface area contributed by atoms with Crippen LogP contribution in [0.5, 0.6) is 0 Å². The number of sulfonamides is 2. The molecule has 0 aliphatic carbocycles. The van der Waals surface area contributed by atoms with Crippen molar-refractivity contribution in [2.24, 2.45) is 0 Å². The van der Waals surface area contributed by atoms with Crippen LogP contribution in [0.2, 0.25) is 0 Å². The molecule has 1 aliphatic heterocycles. The van der Waals surface area contributed by atoms with Crippen molar-refractivity contribution in [3.05, 3.63) is 90.0 Å². The SMILES string of the molecule is Cc1ccc(S(=O)(=O)NCC2CN(c3ccccc3)C(=O)c3ccccc3N2S(C)(=O)=O)cc1. The van der Waals surface area contributed by atoms with E-state index in [1.165, 1.54) is 17.0 Å². The maximum Gasteiger partial charge on any atom is 0.260 e. The largest absolute Gasteiger partial charge is 0.306 e. The average Bonchev–Trinajstić information content (AvgIpc) is 2.93. The zero-order valence-corrected chi connectivity index (χ0v) is 20.4. The Morgan fingerprint density at radius 3 is 2.15 bits per heavy atom. The van der Waals surface area contributed by atoms with E-state index in [1.807, 2.05) is 13.0 Å². The first kappa shape index (κ1) is 23.9. The third kappa shape index (κ3) is 4.84. The summed E-state index contributed by atoms with van der Waals surface area (Å²) in [5.41, 5.74) is 1.94. The molecule has 0 radical (unpaired) electrons. The maximum atomic E-state index is 13.5. The summed E-state index contributed by atoms with van der Waals surface area (Å²) in [6.07, 6.45) is 1.05. The highest BCUT2D eigenvalue weighted by atomic mass is 32.2. The standard InChI is InChI=1S/C24H25N3O5S2/c1-18-12-14-21(15-13-18)34(31,32)25-16-20-17-26(19-8-4-3-5-9-19)24(28)22-10-6-7-11-23(22)27(20)33(2,29)30/h3-15,20,25H,16-17H2,1-2H3. The number of amides is 1. The van der Waals surface area contributed by atoms with E-state index in [2.05, 4.69) is 4.72 Å². The number of rotatable bonds is 6. The monoisotopic (exact) mass is 499 g/mol. The lowest BCUT2D eigenvalue weighted by Gasteiger charge is -2.32. The normalized spacial score (nSPS) is 16.8. The van der Waals surface area contributed by atoms with E-state index in [-0.39, 0.29) is 35.1 Å². The molecule has 0 saturated carbocycles. The Hall–Kier alpha value is -3.21. The van der Waals surface area contributed by atoms with Crippen molar-refractivity contribution >= 4 is 37.3 Å². The van der Waals surface area contributed by atoms with Crippen molar-refractivity contribution < 1.29 is 21.6 Å². The van der Waals surface area contributed by atoms with E-state index < -0.39 is 26.1 Å². The van der Waals surface area contributed by atoms with Gasteiger partial charge in [-0.3, -0.25) is 9.10 Å². The number of benzene rings is 3. The van der Waals surface area contributed by atoms with Gasteiger partial charge in [-0.15, -0.1) is 0 Å². The van der Waals surface area contributed by atoms with E-state index in [4.69, 9.17) is 0 Å².